The summed E-state index contributed by atoms with van der Waals surface area (Å²) in [5.74, 6) is 0. The zero-order valence-corrected chi connectivity index (χ0v) is 6.79. The van der Waals surface area contributed by atoms with Crippen LogP contribution in [0.25, 0.3) is 5.65 Å². The van der Waals surface area contributed by atoms with E-state index in [1.807, 2.05) is 13.0 Å². The van der Waals surface area contributed by atoms with Crippen molar-refractivity contribution in [1.82, 2.24) is 19.6 Å². The van der Waals surface area contributed by atoms with Crippen LogP contribution in [0.15, 0.2) is 17.6 Å². The summed E-state index contributed by atoms with van der Waals surface area (Å²) in [6.45, 7) is 1.90. The van der Waals surface area contributed by atoms with E-state index in [1.54, 1.807) is 4.52 Å². The van der Waals surface area contributed by atoms with Gasteiger partial charge in [-0.05, 0) is 6.92 Å². The topological polar surface area (TPSA) is 43.1 Å². The predicted molar refractivity (Wildman–Crippen MR) is 42.8 cm³/mol. The Morgan fingerprint density at radius 2 is 2.36 bits per heavy atom. The van der Waals surface area contributed by atoms with Gasteiger partial charge in [-0.2, -0.15) is 9.61 Å². The molecule has 0 aliphatic carbocycles. The lowest BCUT2D eigenvalue weighted by Crippen LogP contribution is -1.95. The molecule has 56 valence electrons. The number of hydrogen-bond donors (Lipinski definition) is 1. The highest BCUT2D eigenvalue weighted by atomic mass is 32.1. The Balaban J connectivity index is 2.91. The molecular formula is C6H6N4S. The summed E-state index contributed by atoms with van der Waals surface area (Å²) in [6.07, 6.45) is 1.48. The number of aromatic nitrogens is 4. The highest BCUT2D eigenvalue weighted by molar-refractivity contribution is 7.80. The van der Waals surface area contributed by atoms with E-state index in [0.717, 1.165) is 11.3 Å². The maximum absolute atomic E-state index is 4.14. The molecule has 0 aliphatic heterocycles. The summed E-state index contributed by atoms with van der Waals surface area (Å²) in [5, 5.41) is 4.49. The van der Waals surface area contributed by atoms with Gasteiger partial charge in [0.25, 0.3) is 0 Å². The Morgan fingerprint density at radius 3 is 3.18 bits per heavy atom. The fraction of sp³-hybridized carbons (Fsp3) is 0.167. The van der Waals surface area contributed by atoms with Gasteiger partial charge in [0.1, 0.15) is 6.33 Å². The lowest BCUT2D eigenvalue weighted by molar-refractivity contribution is 0.786. The first-order valence-electron chi connectivity index (χ1n) is 3.14. The SMILES string of the molecule is Cc1cc2ncnn2c(S)n1. The molecule has 0 radical (unpaired) electrons. The third-order valence-electron chi connectivity index (χ3n) is 1.38. The average Bonchev–Trinajstić information content (AvgIpc) is 2.34. The quantitative estimate of drug-likeness (QED) is 0.463. The number of nitrogens with zero attached hydrogens (tertiary/aromatic N) is 4. The molecule has 0 N–H and O–H groups in total. The van der Waals surface area contributed by atoms with Crippen LogP contribution in [0.3, 0.4) is 0 Å². The van der Waals surface area contributed by atoms with E-state index >= 15 is 0 Å². The summed E-state index contributed by atoms with van der Waals surface area (Å²) < 4.78 is 1.58. The summed E-state index contributed by atoms with van der Waals surface area (Å²) in [4.78, 5) is 8.10. The van der Waals surface area contributed by atoms with Crippen LogP contribution in [-0.2, 0) is 0 Å². The van der Waals surface area contributed by atoms with Crippen molar-refractivity contribution in [3.8, 4) is 0 Å². The highest BCUT2D eigenvalue weighted by Gasteiger charge is 1.99. The smallest absolute Gasteiger partial charge is 0.188 e. The molecule has 0 saturated heterocycles. The van der Waals surface area contributed by atoms with Crippen LogP contribution in [0.5, 0.6) is 0 Å². The molecule has 0 aromatic carbocycles. The van der Waals surface area contributed by atoms with Crippen molar-refractivity contribution in [2.45, 2.75) is 12.1 Å². The van der Waals surface area contributed by atoms with Crippen LogP contribution < -0.4 is 0 Å². The Bertz CT molecular complexity index is 394. The molecule has 2 aromatic rings. The number of fused-ring (bicyclic) bond motifs is 1. The second-order valence-corrected chi connectivity index (χ2v) is 2.63. The summed E-state index contributed by atoms with van der Waals surface area (Å²) >= 11 is 4.14. The van der Waals surface area contributed by atoms with Crippen molar-refractivity contribution in [2.75, 3.05) is 0 Å². The monoisotopic (exact) mass is 166 g/mol. The van der Waals surface area contributed by atoms with E-state index < -0.39 is 0 Å². The van der Waals surface area contributed by atoms with Crippen molar-refractivity contribution in [2.24, 2.45) is 0 Å². The van der Waals surface area contributed by atoms with Gasteiger partial charge in [-0.25, -0.2) is 9.97 Å². The van der Waals surface area contributed by atoms with Crippen molar-refractivity contribution in [1.29, 1.82) is 0 Å². The van der Waals surface area contributed by atoms with E-state index in [1.165, 1.54) is 6.33 Å². The molecular weight excluding hydrogens is 160 g/mol. The third-order valence-corrected chi connectivity index (χ3v) is 1.67. The van der Waals surface area contributed by atoms with Crippen molar-refractivity contribution in [3.63, 3.8) is 0 Å². The third kappa shape index (κ3) is 0.970. The van der Waals surface area contributed by atoms with Crippen LogP contribution in [-0.4, -0.2) is 19.6 Å². The molecule has 2 heterocycles. The first-order chi connectivity index (χ1) is 5.27. The minimum absolute atomic E-state index is 0.567. The maximum Gasteiger partial charge on any atom is 0.188 e. The molecule has 0 unspecified atom stereocenters. The van der Waals surface area contributed by atoms with Gasteiger partial charge in [0.2, 0.25) is 0 Å². The van der Waals surface area contributed by atoms with Gasteiger partial charge in [0.15, 0.2) is 10.8 Å². The first kappa shape index (κ1) is 6.60. The van der Waals surface area contributed by atoms with Crippen LogP contribution in [0.2, 0.25) is 0 Å². The van der Waals surface area contributed by atoms with Crippen molar-refractivity contribution >= 4 is 18.3 Å². The van der Waals surface area contributed by atoms with Crippen molar-refractivity contribution < 1.29 is 0 Å². The zero-order chi connectivity index (χ0) is 7.84. The molecule has 11 heavy (non-hydrogen) atoms. The Morgan fingerprint density at radius 1 is 1.55 bits per heavy atom. The molecule has 0 fully saturated rings. The summed E-state index contributed by atoms with van der Waals surface area (Å²) in [6, 6.07) is 1.85. The van der Waals surface area contributed by atoms with Crippen LogP contribution >= 0.6 is 12.6 Å². The Kier molecular flexibility index (Phi) is 1.32. The molecule has 0 bridgehead atoms. The number of rotatable bonds is 0. The fourth-order valence-corrected chi connectivity index (χ4v) is 1.24. The van der Waals surface area contributed by atoms with Gasteiger partial charge in [0.05, 0.1) is 0 Å². The molecule has 2 aromatic heterocycles. The number of thiol groups is 1. The fourth-order valence-electron chi connectivity index (χ4n) is 0.927. The average molecular weight is 166 g/mol. The number of aryl methyl sites for hydroxylation is 1. The summed E-state index contributed by atoms with van der Waals surface area (Å²) in [7, 11) is 0. The van der Waals surface area contributed by atoms with Crippen LogP contribution in [0.4, 0.5) is 0 Å². The van der Waals surface area contributed by atoms with E-state index in [2.05, 4.69) is 27.7 Å². The Hall–Kier alpha value is -1.10. The zero-order valence-electron chi connectivity index (χ0n) is 5.89. The molecule has 0 saturated carbocycles. The van der Waals surface area contributed by atoms with Crippen molar-refractivity contribution in [3.05, 3.63) is 18.1 Å². The van der Waals surface area contributed by atoms with E-state index in [4.69, 9.17) is 0 Å². The maximum atomic E-state index is 4.14. The lowest BCUT2D eigenvalue weighted by Gasteiger charge is -1.96. The van der Waals surface area contributed by atoms with Gasteiger partial charge < -0.3 is 0 Å². The minimum Gasteiger partial charge on any atom is -0.228 e. The molecule has 4 nitrogen and oxygen atoms in total. The van der Waals surface area contributed by atoms with E-state index in [-0.39, 0.29) is 0 Å². The minimum atomic E-state index is 0.567. The molecule has 5 heteroatoms. The standard InChI is InChI=1S/C6H6N4S/c1-4-2-5-7-3-8-10(5)6(11)9-4/h2-3H,1H3,(H,9,11). The van der Waals surface area contributed by atoms with Crippen LogP contribution in [0, 0.1) is 6.92 Å². The van der Waals surface area contributed by atoms with Gasteiger partial charge in [-0.15, -0.1) is 12.6 Å². The van der Waals surface area contributed by atoms with Gasteiger partial charge in [-0.3, -0.25) is 0 Å². The van der Waals surface area contributed by atoms with Gasteiger partial charge >= 0.3 is 0 Å². The first-order valence-corrected chi connectivity index (χ1v) is 3.58. The normalized spacial score (nSPS) is 10.7. The highest BCUT2D eigenvalue weighted by Crippen LogP contribution is 2.06. The molecule has 0 atom stereocenters. The molecule has 0 amide bonds. The molecule has 2 rings (SSSR count). The largest absolute Gasteiger partial charge is 0.228 e. The molecule has 0 aliphatic rings. The van der Waals surface area contributed by atoms with Gasteiger partial charge in [0, 0.05) is 11.8 Å². The predicted octanol–water partition coefficient (Wildman–Crippen LogP) is 0.721. The second kappa shape index (κ2) is 2.20. The lowest BCUT2D eigenvalue weighted by atomic mass is 10.4. The van der Waals surface area contributed by atoms with Crippen LogP contribution in [0.1, 0.15) is 5.69 Å². The van der Waals surface area contributed by atoms with E-state index in [9.17, 15) is 0 Å². The Labute approximate surface area is 68.7 Å². The number of hydrogen-bond acceptors (Lipinski definition) is 4. The molecule has 0 spiro atoms. The summed E-state index contributed by atoms with van der Waals surface area (Å²) in [5.41, 5.74) is 1.68. The second-order valence-electron chi connectivity index (χ2n) is 2.23. The van der Waals surface area contributed by atoms with E-state index in [0.29, 0.717) is 5.16 Å². The van der Waals surface area contributed by atoms with Gasteiger partial charge in [-0.1, -0.05) is 0 Å².